The van der Waals surface area contributed by atoms with Gasteiger partial charge in [0.05, 0.1) is 0 Å². The van der Waals surface area contributed by atoms with Crippen LogP contribution >= 0.6 is 0 Å². The largest absolute Gasteiger partial charge is 0.325 e. The van der Waals surface area contributed by atoms with Crippen LogP contribution in [0.25, 0.3) is 0 Å². The fourth-order valence-corrected chi connectivity index (χ4v) is 0.935. The minimum atomic E-state index is -2.36. The van der Waals surface area contributed by atoms with Crippen LogP contribution in [-0.2, 0) is 15.6 Å². The first-order valence-electron chi connectivity index (χ1n) is 3.41. The van der Waals surface area contributed by atoms with Gasteiger partial charge in [-0.15, -0.1) is 4.28 Å². The molecule has 0 aliphatic rings. The second kappa shape index (κ2) is 4.26. The molecule has 1 unspecified atom stereocenters. The van der Waals surface area contributed by atoms with Crippen molar-refractivity contribution in [1.29, 1.82) is 0 Å². The smallest absolute Gasteiger partial charge is 0.282 e. The summed E-state index contributed by atoms with van der Waals surface area (Å²) in [5.41, 5.74) is 0.905. The molecule has 1 aromatic heterocycles. The summed E-state index contributed by atoms with van der Waals surface area (Å²) in [5, 5.41) is 1.02. The van der Waals surface area contributed by atoms with E-state index in [2.05, 4.69) is 14.3 Å². The molecule has 0 fully saturated rings. The molecule has 6 nitrogen and oxygen atoms in total. The van der Waals surface area contributed by atoms with E-state index in [1.165, 1.54) is 7.05 Å². The average molecular weight is 203 g/mol. The molecule has 0 aliphatic heterocycles. The number of nitrogens with zero attached hydrogens (tertiary/aromatic N) is 3. The Kier molecular flexibility index (Phi) is 3.29. The molecule has 0 saturated carbocycles. The molecule has 0 aromatic carbocycles. The van der Waals surface area contributed by atoms with E-state index in [4.69, 9.17) is 4.55 Å². The Labute approximate surface area is 78.0 Å². The summed E-state index contributed by atoms with van der Waals surface area (Å²) in [7, 11) is 1.44. The van der Waals surface area contributed by atoms with Crippen LogP contribution in [0.15, 0.2) is 12.4 Å². The maximum absolute atomic E-state index is 10.2. The van der Waals surface area contributed by atoms with Gasteiger partial charge in [0.15, 0.2) is 0 Å². The van der Waals surface area contributed by atoms with E-state index in [9.17, 15) is 4.21 Å². The number of aromatic nitrogens is 2. The zero-order valence-electron chi connectivity index (χ0n) is 7.17. The molecule has 0 saturated heterocycles. The minimum Gasteiger partial charge on any atom is -0.282 e. The van der Waals surface area contributed by atoms with E-state index in [1.54, 1.807) is 12.4 Å². The van der Waals surface area contributed by atoms with Crippen LogP contribution in [-0.4, -0.2) is 25.8 Å². The summed E-state index contributed by atoms with van der Waals surface area (Å²) in [5.74, 6) is 0.230. The fourth-order valence-electron chi connectivity index (χ4n) is 0.677. The molecule has 1 aromatic rings. The van der Waals surface area contributed by atoms with E-state index < -0.39 is 11.4 Å². The van der Waals surface area contributed by atoms with Gasteiger partial charge in [0.1, 0.15) is 0 Å². The maximum atomic E-state index is 10.2. The predicted molar refractivity (Wildman–Crippen MR) is 47.0 cm³/mol. The van der Waals surface area contributed by atoms with Crippen molar-refractivity contribution in [2.75, 3.05) is 12.1 Å². The molecule has 72 valence electrons. The lowest BCUT2D eigenvalue weighted by molar-refractivity contribution is 0.289. The third-order valence-electron chi connectivity index (χ3n) is 1.22. The zero-order valence-corrected chi connectivity index (χ0v) is 7.98. The second-order valence-corrected chi connectivity index (χ2v) is 2.93. The third kappa shape index (κ3) is 3.05. The normalized spacial score (nSPS) is 12.5. The lowest BCUT2D eigenvalue weighted by Gasteiger charge is -2.11. The Morgan fingerprint density at radius 3 is 2.54 bits per heavy atom. The van der Waals surface area contributed by atoms with Gasteiger partial charge in [0.2, 0.25) is 0 Å². The number of rotatable bonds is 3. The van der Waals surface area contributed by atoms with Crippen molar-refractivity contribution < 1.29 is 13.0 Å². The average Bonchev–Trinajstić information content (AvgIpc) is 2.04. The van der Waals surface area contributed by atoms with Crippen molar-refractivity contribution in [3.05, 3.63) is 18.0 Å². The van der Waals surface area contributed by atoms with Gasteiger partial charge in [0.25, 0.3) is 5.95 Å². The Bertz CT molecular complexity index is 302. The Morgan fingerprint density at radius 2 is 2.08 bits per heavy atom. The van der Waals surface area contributed by atoms with Gasteiger partial charge in [-0.25, -0.2) is 15.0 Å². The van der Waals surface area contributed by atoms with Gasteiger partial charge in [0, 0.05) is 19.4 Å². The standard InChI is InChI=1S/C6H9N3O3S/c1-5-3-7-6(8-4-5)9(2)12-13(10)11/h3-4H,1-2H3,(H,10,11). The van der Waals surface area contributed by atoms with Gasteiger partial charge < -0.3 is 0 Å². The predicted octanol–water partition coefficient (Wildman–Crippen LogP) is 0.290. The number of aryl methyl sites for hydroxylation is 1. The first-order chi connectivity index (χ1) is 6.09. The lowest BCUT2D eigenvalue weighted by Crippen LogP contribution is -2.21. The van der Waals surface area contributed by atoms with E-state index in [-0.39, 0.29) is 5.95 Å². The van der Waals surface area contributed by atoms with Crippen molar-refractivity contribution in [2.24, 2.45) is 0 Å². The van der Waals surface area contributed by atoms with Crippen molar-refractivity contribution in [3.63, 3.8) is 0 Å². The van der Waals surface area contributed by atoms with Gasteiger partial charge in [-0.2, -0.15) is 4.21 Å². The highest BCUT2D eigenvalue weighted by Gasteiger charge is 2.06. The summed E-state index contributed by atoms with van der Waals surface area (Å²) in [6, 6.07) is 0. The number of anilines is 1. The van der Waals surface area contributed by atoms with Crippen molar-refractivity contribution in [2.45, 2.75) is 6.92 Å². The summed E-state index contributed by atoms with van der Waals surface area (Å²) < 4.78 is 23.0. The third-order valence-corrected chi connectivity index (χ3v) is 1.58. The van der Waals surface area contributed by atoms with Crippen LogP contribution in [0.4, 0.5) is 5.95 Å². The first-order valence-corrected chi connectivity index (χ1v) is 4.44. The Morgan fingerprint density at radius 1 is 1.54 bits per heavy atom. The molecule has 7 heteroatoms. The van der Waals surface area contributed by atoms with Gasteiger partial charge >= 0.3 is 11.4 Å². The van der Waals surface area contributed by atoms with E-state index in [0.717, 1.165) is 10.6 Å². The van der Waals surface area contributed by atoms with Gasteiger partial charge in [-0.1, -0.05) is 0 Å². The maximum Gasteiger partial charge on any atom is 0.325 e. The number of hydrogen-bond donors (Lipinski definition) is 1. The van der Waals surface area contributed by atoms with Crippen LogP contribution in [0.1, 0.15) is 5.56 Å². The molecule has 0 amide bonds. The highest BCUT2D eigenvalue weighted by Crippen LogP contribution is 2.04. The van der Waals surface area contributed by atoms with E-state index in [1.807, 2.05) is 6.92 Å². The molecule has 0 aliphatic carbocycles. The van der Waals surface area contributed by atoms with Crippen LogP contribution in [0.3, 0.4) is 0 Å². The SMILES string of the molecule is Cc1cnc(N(C)OS(=O)O)nc1. The molecule has 1 N–H and O–H groups in total. The fraction of sp³-hybridized carbons (Fsp3) is 0.333. The number of hydrogen-bond acceptors (Lipinski definition) is 5. The summed E-state index contributed by atoms with van der Waals surface area (Å²) in [6.07, 6.45) is 3.17. The quantitative estimate of drug-likeness (QED) is 0.562. The van der Waals surface area contributed by atoms with Crippen molar-refractivity contribution >= 4 is 17.3 Å². The van der Waals surface area contributed by atoms with Crippen LogP contribution in [0.5, 0.6) is 0 Å². The van der Waals surface area contributed by atoms with Crippen LogP contribution < -0.4 is 5.06 Å². The highest BCUT2D eigenvalue weighted by molar-refractivity contribution is 7.74. The molecule has 0 bridgehead atoms. The van der Waals surface area contributed by atoms with Crippen molar-refractivity contribution in [1.82, 2.24) is 9.97 Å². The van der Waals surface area contributed by atoms with E-state index in [0.29, 0.717) is 0 Å². The molecule has 1 rings (SSSR count). The molecule has 1 atom stereocenters. The van der Waals surface area contributed by atoms with E-state index >= 15 is 0 Å². The molecule has 0 radical (unpaired) electrons. The van der Waals surface area contributed by atoms with Crippen molar-refractivity contribution in [3.8, 4) is 0 Å². The van der Waals surface area contributed by atoms with Gasteiger partial charge in [-0.05, 0) is 12.5 Å². The number of hydroxylamine groups is 1. The first kappa shape index (κ1) is 10.0. The Balaban J connectivity index is 2.71. The zero-order chi connectivity index (χ0) is 9.84. The molecule has 1 heterocycles. The van der Waals surface area contributed by atoms with Gasteiger partial charge in [-0.3, -0.25) is 4.55 Å². The molecular weight excluding hydrogens is 194 g/mol. The lowest BCUT2D eigenvalue weighted by atomic mass is 10.4. The summed E-state index contributed by atoms with van der Waals surface area (Å²) >= 11 is -2.36. The monoisotopic (exact) mass is 203 g/mol. The molecule has 0 spiro atoms. The highest BCUT2D eigenvalue weighted by atomic mass is 32.2. The summed E-state index contributed by atoms with van der Waals surface area (Å²) in [6.45, 7) is 1.84. The van der Waals surface area contributed by atoms with Crippen LogP contribution in [0, 0.1) is 6.92 Å². The molecule has 13 heavy (non-hydrogen) atoms. The van der Waals surface area contributed by atoms with Crippen LogP contribution in [0.2, 0.25) is 0 Å². The topological polar surface area (TPSA) is 75.6 Å². The molecular formula is C6H9N3O3S. The minimum absolute atomic E-state index is 0.230. The summed E-state index contributed by atoms with van der Waals surface area (Å²) in [4.78, 5) is 7.75. The Hall–Kier alpha value is -1.05. The second-order valence-electron chi connectivity index (χ2n) is 2.35.